The van der Waals surface area contributed by atoms with Crippen LogP contribution in [0.4, 0.5) is 17.3 Å². The first-order valence-electron chi connectivity index (χ1n) is 5.68. The van der Waals surface area contributed by atoms with Gasteiger partial charge in [-0.1, -0.05) is 0 Å². The van der Waals surface area contributed by atoms with E-state index in [9.17, 15) is 15.2 Å². The van der Waals surface area contributed by atoms with Crippen LogP contribution in [-0.4, -0.2) is 21.6 Å². The van der Waals surface area contributed by atoms with Crippen LogP contribution in [0.1, 0.15) is 11.7 Å². The highest BCUT2D eigenvalue weighted by molar-refractivity contribution is 7.07. The Kier molecular flexibility index (Phi) is 4.45. The molecule has 0 fully saturated rings. The lowest BCUT2D eigenvalue weighted by molar-refractivity contribution is -0.384. The summed E-state index contributed by atoms with van der Waals surface area (Å²) in [6.07, 6.45) is -0.767. The number of nitrogen functional groups attached to an aromatic ring is 1. The molecule has 0 aliphatic heterocycles. The van der Waals surface area contributed by atoms with Crippen LogP contribution in [0.2, 0.25) is 0 Å². The molecule has 9 heteroatoms. The minimum Gasteiger partial charge on any atom is -0.387 e. The number of aliphatic hydroxyl groups is 1. The molecular weight excluding hydrogens is 282 g/mol. The van der Waals surface area contributed by atoms with Crippen LogP contribution >= 0.6 is 11.3 Å². The molecule has 2 rings (SSSR count). The molecule has 0 spiro atoms. The minimum atomic E-state index is -0.767. The third-order valence-corrected chi connectivity index (χ3v) is 3.31. The number of aliphatic hydroxyl groups excluding tert-OH is 1. The number of aromatic nitrogens is 1. The van der Waals surface area contributed by atoms with Gasteiger partial charge in [-0.2, -0.15) is 11.3 Å². The summed E-state index contributed by atoms with van der Waals surface area (Å²) in [5.41, 5.74) is 2.88. The van der Waals surface area contributed by atoms with Crippen LogP contribution in [0.3, 0.4) is 0 Å². The largest absolute Gasteiger partial charge is 0.387 e. The van der Waals surface area contributed by atoms with E-state index < -0.39 is 11.0 Å². The molecule has 8 nitrogen and oxygen atoms in total. The van der Waals surface area contributed by atoms with E-state index in [2.05, 4.69) is 15.7 Å². The molecule has 20 heavy (non-hydrogen) atoms. The molecular formula is C11H13N5O3S. The maximum atomic E-state index is 10.9. The monoisotopic (exact) mass is 295 g/mol. The molecule has 2 aromatic heterocycles. The molecule has 106 valence electrons. The van der Waals surface area contributed by atoms with Crippen molar-refractivity contribution in [3.05, 3.63) is 44.6 Å². The second kappa shape index (κ2) is 6.28. The van der Waals surface area contributed by atoms with E-state index in [1.165, 1.54) is 23.5 Å². The smallest absolute Gasteiger partial charge is 0.311 e. The van der Waals surface area contributed by atoms with Crippen LogP contribution in [0, 0.1) is 10.1 Å². The first-order chi connectivity index (χ1) is 9.61. The minimum absolute atomic E-state index is 0.0553. The third kappa shape index (κ3) is 3.20. The van der Waals surface area contributed by atoms with Gasteiger partial charge in [0.1, 0.15) is 5.82 Å². The third-order valence-electron chi connectivity index (χ3n) is 2.61. The summed E-state index contributed by atoms with van der Waals surface area (Å²) in [5.74, 6) is 5.57. The summed E-state index contributed by atoms with van der Waals surface area (Å²) in [7, 11) is 0. The number of nitrogens with one attached hydrogen (secondary N) is 2. The van der Waals surface area contributed by atoms with Gasteiger partial charge in [0.25, 0.3) is 0 Å². The van der Waals surface area contributed by atoms with Crippen molar-refractivity contribution in [2.24, 2.45) is 5.84 Å². The first-order valence-corrected chi connectivity index (χ1v) is 6.62. The Balaban J connectivity index is 2.13. The summed E-state index contributed by atoms with van der Waals surface area (Å²) < 4.78 is 0. The molecule has 0 bridgehead atoms. The molecule has 2 heterocycles. The highest BCUT2D eigenvalue weighted by Gasteiger charge is 2.17. The van der Waals surface area contributed by atoms with Gasteiger partial charge in [-0.05, 0) is 28.5 Å². The molecule has 2 aromatic rings. The Morgan fingerprint density at radius 1 is 1.50 bits per heavy atom. The Bertz CT molecular complexity index is 590. The Morgan fingerprint density at radius 2 is 2.30 bits per heavy atom. The van der Waals surface area contributed by atoms with E-state index in [0.717, 1.165) is 5.56 Å². The van der Waals surface area contributed by atoms with Crippen LogP contribution in [0.15, 0.2) is 29.0 Å². The van der Waals surface area contributed by atoms with Gasteiger partial charge >= 0.3 is 5.69 Å². The van der Waals surface area contributed by atoms with Crippen molar-refractivity contribution in [3.8, 4) is 0 Å². The average Bonchev–Trinajstić information content (AvgIpc) is 2.98. The zero-order valence-electron chi connectivity index (χ0n) is 10.3. The number of hydrogen-bond acceptors (Lipinski definition) is 8. The van der Waals surface area contributed by atoms with E-state index in [0.29, 0.717) is 5.82 Å². The molecule has 1 atom stereocenters. The number of nitrogens with two attached hydrogens (primary N) is 1. The van der Waals surface area contributed by atoms with E-state index in [1.54, 1.807) is 6.07 Å². The summed E-state index contributed by atoms with van der Waals surface area (Å²) in [6, 6.07) is 4.48. The van der Waals surface area contributed by atoms with Crippen LogP contribution in [0.5, 0.6) is 0 Å². The van der Waals surface area contributed by atoms with Gasteiger partial charge in [0.15, 0.2) is 0 Å². The number of hydrazine groups is 1. The number of anilines is 2. The van der Waals surface area contributed by atoms with Crippen LogP contribution < -0.4 is 16.6 Å². The zero-order chi connectivity index (χ0) is 14.5. The van der Waals surface area contributed by atoms with Gasteiger partial charge in [-0.15, -0.1) is 0 Å². The summed E-state index contributed by atoms with van der Waals surface area (Å²) >= 11 is 1.47. The molecule has 0 aliphatic carbocycles. The van der Waals surface area contributed by atoms with Gasteiger partial charge < -0.3 is 15.8 Å². The number of rotatable bonds is 6. The van der Waals surface area contributed by atoms with Crippen molar-refractivity contribution in [2.45, 2.75) is 6.10 Å². The van der Waals surface area contributed by atoms with Gasteiger partial charge in [0.05, 0.1) is 11.0 Å². The SMILES string of the molecule is NNc1ccc([N+](=O)[O-])c(NCC(O)c2ccsc2)n1. The van der Waals surface area contributed by atoms with E-state index >= 15 is 0 Å². The molecule has 0 aromatic carbocycles. The molecule has 0 radical (unpaired) electrons. The van der Waals surface area contributed by atoms with E-state index in [1.807, 2.05) is 10.8 Å². The fourth-order valence-corrected chi connectivity index (χ4v) is 2.29. The second-order valence-electron chi connectivity index (χ2n) is 3.92. The Hall–Kier alpha value is -2.23. The number of nitrogens with zero attached hydrogens (tertiary/aromatic N) is 2. The summed E-state index contributed by atoms with van der Waals surface area (Å²) in [6.45, 7) is 0.110. The van der Waals surface area contributed by atoms with Gasteiger partial charge in [-0.3, -0.25) is 10.1 Å². The number of hydrogen-bond donors (Lipinski definition) is 4. The van der Waals surface area contributed by atoms with Gasteiger partial charge in [0, 0.05) is 12.6 Å². The van der Waals surface area contributed by atoms with Crippen molar-refractivity contribution < 1.29 is 10.0 Å². The molecule has 0 amide bonds. The second-order valence-corrected chi connectivity index (χ2v) is 4.70. The molecule has 5 N–H and O–H groups in total. The van der Waals surface area contributed by atoms with Crippen molar-refractivity contribution >= 4 is 28.7 Å². The predicted molar refractivity (Wildman–Crippen MR) is 76.5 cm³/mol. The first kappa shape index (κ1) is 14.2. The Labute approximate surface area is 118 Å². The quantitative estimate of drug-likeness (QED) is 0.361. The molecule has 0 saturated heterocycles. The Morgan fingerprint density at radius 3 is 2.90 bits per heavy atom. The summed E-state index contributed by atoms with van der Waals surface area (Å²) in [4.78, 5) is 14.3. The maximum absolute atomic E-state index is 10.9. The summed E-state index contributed by atoms with van der Waals surface area (Å²) in [5, 5.41) is 27.3. The van der Waals surface area contributed by atoms with Crippen LogP contribution in [-0.2, 0) is 0 Å². The number of pyridine rings is 1. The van der Waals surface area contributed by atoms with Gasteiger partial charge in [-0.25, -0.2) is 10.8 Å². The molecule has 1 unspecified atom stereocenters. The number of nitro groups is 1. The topological polar surface area (TPSA) is 126 Å². The maximum Gasteiger partial charge on any atom is 0.311 e. The lowest BCUT2D eigenvalue weighted by Gasteiger charge is -2.11. The fourth-order valence-electron chi connectivity index (χ4n) is 1.59. The van der Waals surface area contributed by atoms with E-state index in [-0.39, 0.29) is 18.1 Å². The fraction of sp³-hybridized carbons (Fsp3) is 0.182. The van der Waals surface area contributed by atoms with Crippen LogP contribution in [0.25, 0.3) is 0 Å². The highest BCUT2D eigenvalue weighted by Crippen LogP contribution is 2.25. The van der Waals surface area contributed by atoms with E-state index in [4.69, 9.17) is 5.84 Å². The standard InChI is InChI=1S/C11H13N5O3S/c12-15-10-2-1-8(16(18)19)11(14-10)13-5-9(17)7-3-4-20-6-7/h1-4,6,9,17H,5,12H2,(H2,13,14,15). The van der Waals surface area contributed by atoms with Crippen molar-refractivity contribution in [2.75, 3.05) is 17.3 Å². The van der Waals surface area contributed by atoms with Gasteiger partial charge in [0.2, 0.25) is 5.82 Å². The normalized spacial score (nSPS) is 11.9. The zero-order valence-corrected chi connectivity index (χ0v) is 11.1. The van der Waals surface area contributed by atoms with Crippen molar-refractivity contribution in [3.63, 3.8) is 0 Å². The predicted octanol–water partition coefficient (Wildman–Crippen LogP) is 1.48. The molecule has 0 aliphatic rings. The number of thiophene rings is 1. The lowest BCUT2D eigenvalue weighted by Crippen LogP contribution is -2.15. The molecule has 0 saturated carbocycles. The lowest BCUT2D eigenvalue weighted by atomic mass is 10.2. The van der Waals surface area contributed by atoms with Crippen molar-refractivity contribution in [1.29, 1.82) is 0 Å². The average molecular weight is 295 g/mol. The van der Waals surface area contributed by atoms with Crippen molar-refractivity contribution in [1.82, 2.24) is 4.98 Å². The highest BCUT2D eigenvalue weighted by atomic mass is 32.1.